The van der Waals surface area contributed by atoms with Crippen molar-refractivity contribution < 1.29 is 14.6 Å². The van der Waals surface area contributed by atoms with Crippen LogP contribution in [0.1, 0.15) is 46.0 Å². The van der Waals surface area contributed by atoms with Crippen molar-refractivity contribution in [1.29, 1.82) is 0 Å². The third-order valence-corrected chi connectivity index (χ3v) is 3.17. The Kier molecular flexibility index (Phi) is 3.93. The van der Waals surface area contributed by atoms with E-state index < -0.39 is 11.6 Å². The molecule has 82 valence electrons. The molecule has 3 nitrogen and oxygen atoms in total. The van der Waals surface area contributed by atoms with Crippen LogP contribution in [0.5, 0.6) is 0 Å². The van der Waals surface area contributed by atoms with Gasteiger partial charge in [0.25, 0.3) is 0 Å². The maximum atomic E-state index is 11.4. The standard InChI is InChI=1S/C11H20O3/c1-3-9-5-7-11(13,8-6-9)10(12)14-4-2/h9,13H,3-8H2,1-2H3. The Hall–Kier alpha value is -0.570. The van der Waals surface area contributed by atoms with Gasteiger partial charge in [-0.1, -0.05) is 13.3 Å². The molecule has 0 aromatic carbocycles. The number of hydrogen-bond donors (Lipinski definition) is 1. The lowest BCUT2D eigenvalue weighted by atomic mass is 9.78. The molecule has 3 heteroatoms. The van der Waals surface area contributed by atoms with Crippen LogP contribution in [0.2, 0.25) is 0 Å². The SMILES string of the molecule is CCOC(=O)C1(O)CCC(CC)CC1. The summed E-state index contributed by atoms with van der Waals surface area (Å²) in [4.78, 5) is 11.4. The molecule has 1 rings (SSSR count). The van der Waals surface area contributed by atoms with Gasteiger partial charge in [-0.05, 0) is 38.5 Å². The molecular weight excluding hydrogens is 180 g/mol. The summed E-state index contributed by atoms with van der Waals surface area (Å²) in [6, 6.07) is 0. The van der Waals surface area contributed by atoms with E-state index in [0.717, 1.165) is 19.3 Å². The molecule has 0 saturated heterocycles. The van der Waals surface area contributed by atoms with E-state index in [0.29, 0.717) is 25.4 Å². The van der Waals surface area contributed by atoms with Crippen molar-refractivity contribution in [3.63, 3.8) is 0 Å². The number of carbonyl (C=O) groups is 1. The van der Waals surface area contributed by atoms with E-state index in [1.165, 1.54) is 0 Å². The monoisotopic (exact) mass is 200 g/mol. The summed E-state index contributed by atoms with van der Waals surface area (Å²) >= 11 is 0. The van der Waals surface area contributed by atoms with Gasteiger partial charge in [0, 0.05) is 0 Å². The van der Waals surface area contributed by atoms with E-state index in [-0.39, 0.29) is 0 Å². The zero-order valence-corrected chi connectivity index (χ0v) is 9.08. The van der Waals surface area contributed by atoms with Gasteiger partial charge in [-0.3, -0.25) is 0 Å². The molecule has 0 amide bonds. The van der Waals surface area contributed by atoms with Crippen LogP contribution >= 0.6 is 0 Å². The summed E-state index contributed by atoms with van der Waals surface area (Å²) in [5.41, 5.74) is -1.19. The molecule has 1 saturated carbocycles. The first-order valence-electron chi connectivity index (χ1n) is 5.52. The molecule has 0 heterocycles. The lowest BCUT2D eigenvalue weighted by Crippen LogP contribution is -2.43. The molecule has 0 aromatic rings. The van der Waals surface area contributed by atoms with E-state index in [2.05, 4.69) is 6.92 Å². The van der Waals surface area contributed by atoms with Crippen molar-refractivity contribution in [1.82, 2.24) is 0 Å². The van der Waals surface area contributed by atoms with Gasteiger partial charge in [0.1, 0.15) is 0 Å². The molecule has 0 bridgehead atoms. The van der Waals surface area contributed by atoms with Gasteiger partial charge >= 0.3 is 5.97 Å². The van der Waals surface area contributed by atoms with Crippen molar-refractivity contribution in [3.8, 4) is 0 Å². The first kappa shape index (κ1) is 11.5. The molecule has 0 aliphatic heterocycles. The second kappa shape index (κ2) is 4.78. The smallest absolute Gasteiger partial charge is 0.338 e. The zero-order valence-electron chi connectivity index (χ0n) is 9.08. The fraction of sp³-hybridized carbons (Fsp3) is 0.909. The highest BCUT2D eigenvalue weighted by Crippen LogP contribution is 2.34. The summed E-state index contributed by atoms with van der Waals surface area (Å²) < 4.78 is 4.86. The van der Waals surface area contributed by atoms with E-state index in [1.54, 1.807) is 6.92 Å². The highest BCUT2D eigenvalue weighted by molar-refractivity contribution is 5.79. The summed E-state index contributed by atoms with van der Waals surface area (Å²) in [6.45, 7) is 4.26. The molecule has 1 aliphatic carbocycles. The quantitative estimate of drug-likeness (QED) is 0.707. The van der Waals surface area contributed by atoms with E-state index in [1.807, 2.05) is 0 Å². The Labute approximate surface area is 85.5 Å². The van der Waals surface area contributed by atoms with Gasteiger partial charge in [0.05, 0.1) is 6.61 Å². The first-order chi connectivity index (χ1) is 6.62. The Balaban J connectivity index is 2.48. The van der Waals surface area contributed by atoms with Gasteiger partial charge in [-0.15, -0.1) is 0 Å². The average molecular weight is 200 g/mol. The topological polar surface area (TPSA) is 46.5 Å². The molecule has 1 fully saturated rings. The van der Waals surface area contributed by atoms with Crippen molar-refractivity contribution in [2.24, 2.45) is 5.92 Å². The number of aliphatic hydroxyl groups is 1. The molecule has 0 atom stereocenters. The van der Waals surface area contributed by atoms with Gasteiger partial charge in [0.2, 0.25) is 0 Å². The van der Waals surface area contributed by atoms with Crippen molar-refractivity contribution in [2.75, 3.05) is 6.61 Å². The van der Waals surface area contributed by atoms with E-state index in [9.17, 15) is 9.90 Å². The maximum Gasteiger partial charge on any atom is 0.338 e. The molecule has 1 N–H and O–H groups in total. The second-order valence-corrected chi connectivity index (χ2v) is 4.10. The Morgan fingerprint density at radius 3 is 2.43 bits per heavy atom. The van der Waals surface area contributed by atoms with Crippen LogP contribution in [0, 0.1) is 5.92 Å². The van der Waals surface area contributed by atoms with Crippen LogP contribution in [0.25, 0.3) is 0 Å². The largest absolute Gasteiger partial charge is 0.464 e. The maximum absolute atomic E-state index is 11.4. The number of ether oxygens (including phenoxy) is 1. The first-order valence-corrected chi connectivity index (χ1v) is 5.52. The van der Waals surface area contributed by atoms with Crippen molar-refractivity contribution >= 4 is 5.97 Å². The van der Waals surface area contributed by atoms with Crippen LogP contribution in [0.3, 0.4) is 0 Å². The Morgan fingerprint density at radius 2 is 2.00 bits per heavy atom. The lowest BCUT2D eigenvalue weighted by Gasteiger charge is -2.33. The average Bonchev–Trinajstić information content (AvgIpc) is 2.19. The van der Waals surface area contributed by atoms with Crippen LogP contribution in [-0.2, 0) is 9.53 Å². The van der Waals surface area contributed by atoms with Gasteiger partial charge < -0.3 is 9.84 Å². The van der Waals surface area contributed by atoms with E-state index >= 15 is 0 Å². The third kappa shape index (κ3) is 2.47. The minimum absolute atomic E-state index is 0.346. The van der Waals surface area contributed by atoms with Crippen LogP contribution in [0.15, 0.2) is 0 Å². The number of hydrogen-bond acceptors (Lipinski definition) is 3. The third-order valence-electron chi connectivity index (χ3n) is 3.17. The molecule has 1 aliphatic rings. The highest BCUT2D eigenvalue weighted by atomic mass is 16.5. The molecule has 0 aromatic heterocycles. The minimum atomic E-state index is -1.19. The predicted molar refractivity (Wildman–Crippen MR) is 53.8 cm³/mol. The zero-order chi connectivity index (χ0) is 10.6. The van der Waals surface area contributed by atoms with E-state index in [4.69, 9.17) is 4.74 Å². The van der Waals surface area contributed by atoms with Crippen LogP contribution in [0.4, 0.5) is 0 Å². The van der Waals surface area contributed by atoms with Crippen LogP contribution in [-0.4, -0.2) is 23.3 Å². The van der Waals surface area contributed by atoms with Crippen molar-refractivity contribution in [2.45, 2.75) is 51.6 Å². The number of esters is 1. The fourth-order valence-electron chi connectivity index (χ4n) is 2.03. The second-order valence-electron chi connectivity index (χ2n) is 4.10. The van der Waals surface area contributed by atoms with Gasteiger partial charge in [0.15, 0.2) is 5.60 Å². The summed E-state index contributed by atoms with van der Waals surface area (Å²) in [5, 5.41) is 10.0. The summed E-state index contributed by atoms with van der Waals surface area (Å²) in [5.74, 6) is 0.235. The summed E-state index contributed by atoms with van der Waals surface area (Å²) in [6.07, 6.45) is 4.13. The predicted octanol–water partition coefficient (Wildman–Crippen LogP) is 1.88. The number of rotatable bonds is 3. The van der Waals surface area contributed by atoms with Crippen molar-refractivity contribution in [3.05, 3.63) is 0 Å². The van der Waals surface area contributed by atoms with Gasteiger partial charge in [-0.2, -0.15) is 0 Å². The molecule has 0 unspecified atom stereocenters. The minimum Gasteiger partial charge on any atom is -0.464 e. The van der Waals surface area contributed by atoms with Crippen LogP contribution < -0.4 is 0 Å². The molecule has 0 spiro atoms. The Morgan fingerprint density at radius 1 is 1.43 bits per heavy atom. The highest BCUT2D eigenvalue weighted by Gasteiger charge is 2.40. The molecule has 14 heavy (non-hydrogen) atoms. The fourth-order valence-corrected chi connectivity index (χ4v) is 2.03. The van der Waals surface area contributed by atoms with Gasteiger partial charge in [-0.25, -0.2) is 4.79 Å². The molecule has 0 radical (unpaired) electrons. The number of carbonyl (C=O) groups excluding carboxylic acids is 1. The summed E-state index contributed by atoms with van der Waals surface area (Å²) in [7, 11) is 0. The lowest BCUT2D eigenvalue weighted by molar-refractivity contribution is -0.169. The molecular formula is C11H20O3. The normalized spacial score (nSPS) is 32.6. The Bertz CT molecular complexity index is 193.